The lowest BCUT2D eigenvalue weighted by Crippen LogP contribution is -2.35. The van der Waals surface area contributed by atoms with Crippen molar-refractivity contribution in [2.75, 3.05) is 5.32 Å². The maximum absolute atomic E-state index is 4.43. The number of nitrogens with one attached hydrogen (secondary N) is 1. The maximum Gasteiger partial charge on any atom is 0.181 e. The summed E-state index contributed by atoms with van der Waals surface area (Å²) >= 11 is 0. The molecule has 1 atom stereocenters. The molecule has 5 heteroatoms. The lowest BCUT2D eigenvalue weighted by molar-refractivity contribution is 0.473. The van der Waals surface area contributed by atoms with Crippen LogP contribution in [0.25, 0.3) is 5.69 Å². The normalized spacial score (nSPS) is 13.4. The van der Waals surface area contributed by atoms with Gasteiger partial charge in [0.2, 0.25) is 0 Å². The lowest BCUT2D eigenvalue weighted by Gasteiger charge is -2.31. The molecule has 0 radical (unpaired) electrons. The molecule has 5 nitrogen and oxygen atoms in total. The van der Waals surface area contributed by atoms with Crippen molar-refractivity contribution in [1.29, 1.82) is 0 Å². The van der Waals surface area contributed by atoms with Gasteiger partial charge in [-0.2, -0.15) is 4.68 Å². The summed E-state index contributed by atoms with van der Waals surface area (Å²) in [4.78, 5) is 0. The van der Waals surface area contributed by atoms with Gasteiger partial charge in [-0.1, -0.05) is 49.7 Å². The Bertz CT molecular complexity index is 944. The van der Waals surface area contributed by atoms with Gasteiger partial charge in [-0.3, -0.25) is 0 Å². The molecule has 0 saturated carbocycles. The fourth-order valence-corrected chi connectivity index (χ4v) is 3.54. The zero-order valence-electron chi connectivity index (χ0n) is 17.2. The van der Waals surface area contributed by atoms with E-state index in [0.29, 0.717) is 0 Å². The quantitative estimate of drug-likeness (QED) is 0.677. The zero-order chi connectivity index (χ0) is 19.6. The first-order valence-corrected chi connectivity index (χ1v) is 9.62. The number of tetrazole rings is 1. The first-order chi connectivity index (χ1) is 12.9. The number of aromatic nitrogens is 4. The van der Waals surface area contributed by atoms with Gasteiger partial charge in [0.15, 0.2) is 5.82 Å². The van der Waals surface area contributed by atoms with Crippen molar-refractivity contribution >= 4 is 5.69 Å². The molecule has 0 spiro atoms. The number of benzene rings is 2. The van der Waals surface area contributed by atoms with Gasteiger partial charge in [-0.15, -0.1) is 5.10 Å². The predicted octanol–water partition coefficient (Wildman–Crippen LogP) is 4.89. The summed E-state index contributed by atoms with van der Waals surface area (Å²) < 4.78 is 1.91. The van der Waals surface area contributed by atoms with Gasteiger partial charge in [0.25, 0.3) is 0 Å². The Kier molecular flexibility index (Phi) is 5.31. The van der Waals surface area contributed by atoms with Crippen LogP contribution < -0.4 is 5.32 Å². The Morgan fingerprint density at radius 3 is 2.48 bits per heavy atom. The fraction of sp³-hybridized carbons (Fsp3) is 0.409. The molecule has 0 unspecified atom stereocenters. The molecule has 0 bridgehead atoms. The van der Waals surface area contributed by atoms with Crippen molar-refractivity contribution in [3.63, 3.8) is 0 Å². The highest BCUT2D eigenvalue weighted by Crippen LogP contribution is 2.32. The number of anilines is 1. The monoisotopic (exact) mass is 363 g/mol. The van der Waals surface area contributed by atoms with Crippen LogP contribution in [0.5, 0.6) is 0 Å². The molecule has 0 amide bonds. The number of aryl methyl sites for hydroxylation is 4. The Morgan fingerprint density at radius 1 is 1.04 bits per heavy atom. The van der Waals surface area contributed by atoms with Gasteiger partial charge in [0.1, 0.15) is 0 Å². The summed E-state index contributed by atoms with van der Waals surface area (Å²) in [7, 11) is 0. The van der Waals surface area contributed by atoms with E-state index in [4.69, 9.17) is 0 Å². The van der Waals surface area contributed by atoms with Crippen LogP contribution >= 0.6 is 0 Å². The van der Waals surface area contributed by atoms with Gasteiger partial charge in [-0.05, 0) is 73.7 Å². The molecule has 3 aromatic rings. The standard InChI is InChI=1S/C22H29N5/c1-7-18-11-9-10-16(4)20(18)27-21(24-25-26-27)22(6,8-2)23-19-13-12-15(3)14-17(19)5/h9-14,23H,7-8H2,1-6H3/t22-/m0/s1. The summed E-state index contributed by atoms with van der Waals surface area (Å²) in [5.41, 5.74) is 6.70. The SMILES string of the molecule is CCc1cccc(C)c1-n1nnnc1[C@](C)(CC)Nc1ccc(C)cc1C. The average molecular weight is 364 g/mol. The number of nitrogens with zero attached hydrogens (tertiary/aromatic N) is 4. The number of hydrogen-bond acceptors (Lipinski definition) is 4. The molecule has 0 saturated heterocycles. The predicted molar refractivity (Wildman–Crippen MR) is 110 cm³/mol. The largest absolute Gasteiger partial charge is 0.373 e. The highest BCUT2D eigenvalue weighted by molar-refractivity contribution is 5.55. The first-order valence-electron chi connectivity index (χ1n) is 9.62. The van der Waals surface area contributed by atoms with Crippen molar-refractivity contribution in [2.24, 2.45) is 0 Å². The minimum Gasteiger partial charge on any atom is -0.373 e. The molecule has 0 fully saturated rings. The van der Waals surface area contributed by atoms with Crippen LogP contribution in [0.4, 0.5) is 5.69 Å². The van der Waals surface area contributed by atoms with E-state index in [1.165, 1.54) is 22.3 Å². The Hall–Kier alpha value is -2.69. The van der Waals surface area contributed by atoms with Crippen molar-refractivity contribution in [3.05, 3.63) is 64.5 Å². The third kappa shape index (κ3) is 3.59. The van der Waals surface area contributed by atoms with Crippen molar-refractivity contribution in [1.82, 2.24) is 20.2 Å². The first kappa shape index (κ1) is 19.1. The molecule has 27 heavy (non-hydrogen) atoms. The zero-order valence-corrected chi connectivity index (χ0v) is 17.2. The second kappa shape index (κ2) is 7.51. The molecule has 1 heterocycles. The van der Waals surface area contributed by atoms with Gasteiger partial charge in [0.05, 0.1) is 11.2 Å². The van der Waals surface area contributed by atoms with Crippen LogP contribution in [-0.4, -0.2) is 20.2 Å². The van der Waals surface area contributed by atoms with Crippen LogP contribution in [-0.2, 0) is 12.0 Å². The van der Waals surface area contributed by atoms with Gasteiger partial charge in [0, 0.05) is 5.69 Å². The molecule has 0 aliphatic carbocycles. The minimum atomic E-state index is -0.392. The Morgan fingerprint density at radius 2 is 1.81 bits per heavy atom. The third-order valence-corrected chi connectivity index (χ3v) is 5.38. The molecular weight excluding hydrogens is 334 g/mol. The molecule has 0 aliphatic heterocycles. The molecule has 142 valence electrons. The highest BCUT2D eigenvalue weighted by atomic mass is 15.6. The van der Waals surface area contributed by atoms with E-state index in [9.17, 15) is 0 Å². The van der Waals surface area contributed by atoms with E-state index in [-0.39, 0.29) is 0 Å². The molecular formula is C22H29N5. The molecule has 0 aliphatic rings. The topological polar surface area (TPSA) is 55.6 Å². The smallest absolute Gasteiger partial charge is 0.181 e. The lowest BCUT2D eigenvalue weighted by atomic mass is 9.95. The van der Waals surface area contributed by atoms with E-state index in [2.05, 4.69) is 98.8 Å². The average Bonchev–Trinajstić information content (AvgIpc) is 3.13. The van der Waals surface area contributed by atoms with E-state index >= 15 is 0 Å². The Balaban J connectivity index is 2.09. The number of rotatable bonds is 6. The fourth-order valence-electron chi connectivity index (χ4n) is 3.54. The summed E-state index contributed by atoms with van der Waals surface area (Å²) in [5, 5.41) is 16.5. The highest BCUT2D eigenvalue weighted by Gasteiger charge is 2.32. The minimum absolute atomic E-state index is 0.392. The molecule has 2 aromatic carbocycles. The van der Waals surface area contributed by atoms with Gasteiger partial charge in [-0.25, -0.2) is 0 Å². The van der Waals surface area contributed by atoms with E-state index in [0.717, 1.165) is 30.0 Å². The van der Waals surface area contributed by atoms with Crippen LogP contribution in [0.1, 0.15) is 55.3 Å². The summed E-state index contributed by atoms with van der Waals surface area (Å²) in [5.74, 6) is 0.828. The van der Waals surface area contributed by atoms with E-state index in [1.54, 1.807) is 0 Å². The van der Waals surface area contributed by atoms with Crippen molar-refractivity contribution < 1.29 is 0 Å². The maximum atomic E-state index is 4.43. The summed E-state index contributed by atoms with van der Waals surface area (Å²) in [6, 6.07) is 12.8. The summed E-state index contributed by atoms with van der Waals surface area (Å²) in [6.07, 6.45) is 1.79. The van der Waals surface area contributed by atoms with Crippen LogP contribution in [0.2, 0.25) is 0 Å². The molecule has 3 rings (SSSR count). The van der Waals surface area contributed by atoms with E-state index in [1.807, 2.05) is 4.68 Å². The number of para-hydroxylation sites is 1. The summed E-state index contributed by atoms with van der Waals surface area (Å²) in [6.45, 7) is 12.8. The Labute approximate surface area is 161 Å². The van der Waals surface area contributed by atoms with Gasteiger partial charge < -0.3 is 5.32 Å². The van der Waals surface area contributed by atoms with Gasteiger partial charge >= 0.3 is 0 Å². The van der Waals surface area contributed by atoms with Crippen LogP contribution in [0.15, 0.2) is 36.4 Å². The van der Waals surface area contributed by atoms with Crippen molar-refractivity contribution in [2.45, 2.75) is 59.9 Å². The third-order valence-electron chi connectivity index (χ3n) is 5.38. The second-order valence-electron chi connectivity index (χ2n) is 7.48. The van der Waals surface area contributed by atoms with Crippen molar-refractivity contribution in [3.8, 4) is 5.69 Å². The molecule has 1 aromatic heterocycles. The van der Waals surface area contributed by atoms with E-state index < -0.39 is 5.54 Å². The second-order valence-corrected chi connectivity index (χ2v) is 7.48. The number of hydrogen-bond donors (Lipinski definition) is 1. The van der Waals surface area contributed by atoms with Crippen LogP contribution in [0, 0.1) is 20.8 Å². The molecule has 1 N–H and O–H groups in total. The van der Waals surface area contributed by atoms with Crippen LogP contribution in [0.3, 0.4) is 0 Å².